The molecule has 0 unspecified atom stereocenters. The molecule has 0 aliphatic carbocycles. The van der Waals surface area contributed by atoms with Crippen molar-refractivity contribution in [3.8, 4) is 6.07 Å². The number of hydrogen-bond donors (Lipinski definition) is 2. The van der Waals surface area contributed by atoms with Crippen LogP contribution in [0.3, 0.4) is 0 Å². The van der Waals surface area contributed by atoms with E-state index in [1.165, 1.54) is 4.31 Å². The third-order valence-electron chi connectivity index (χ3n) is 5.55. The number of hydrogen-bond acceptors (Lipinski definition) is 6. The molecule has 2 aliphatic heterocycles. The molecule has 2 saturated heterocycles. The molecular formula is C16H21N7O2S. The van der Waals surface area contributed by atoms with Gasteiger partial charge >= 0.3 is 0 Å². The molecule has 2 atom stereocenters. The summed E-state index contributed by atoms with van der Waals surface area (Å²) in [6.07, 6.45) is 4.30. The zero-order valence-electron chi connectivity index (χ0n) is 14.5. The van der Waals surface area contributed by atoms with Crippen LogP contribution in [0.4, 0.5) is 5.82 Å². The molecule has 138 valence electrons. The molecule has 2 N–H and O–H groups in total. The summed E-state index contributed by atoms with van der Waals surface area (Å²) in [7, 11) is -3.61. The lowest BCUT2D eigenvalue weighted by Crippen LogP contribution is -2.47. The molecule has 4 rings (SSSR count). The van der Waals surface area contributed by atoms with Crippen LogP contribution in [0.25, 0.3) is 11.0 Å². The molecule has 0 radical (unpaired) electrons. The highest BCUT2D eigenvalue weighted by Crippen LogP contribution is 2.43. The van der Waals surface area contributed by atoms with Crippen LogP contribution in [0.5, 0.6) is 0 Å². The van der Waals surface area contributed by atoms with Crippen LogP contribution in [-0.2, 0) is 10.2 Å². The molecule has 4 heterocycles. The molecular weight excluding hydrogens is 354 g/mol. The van der Waals surface area contributed by atoms with Crippen LogP contribution in [-0.4, -0.2) is 60.4 Å². The quantitative estimate of drug-likeness (QED) is 0.750. The standard InChI is InChI=1S/C16H21N7O2S/c1-16-9-22(15-13-2-5-18-14(13)19-11-20-15)7-3-12(16)8-23(10-16)26(24,25)21-6-4-17/h2,5,11-12,21H,3,6-10H2,1H3,(H,18,19,20)/t12-,16+/m1/s1. The van der Waals surface area contributed by atoms with E-state index in [2.05, 4.69) is 31.5 Å². The predicted molar refractivity (Wildman–Crippen MR) is 96.4 cm³/mol. The molecule has 26 heavy (non-hydrogen) atoms. The van der Waals surface area contributed by atoms with Crippen molar-refractivity contribution < 1.29 is 8.42 Å². The van der Waals surface area contributed by atoms with Crippen LogP contribution in [0.1, 0.15) is 13.3 Å². The van der Waals surface area contributed by atoms with E-state index in [0.29, 0.717) is 19.0 Å². The first kappa shape index (κ1) is 17.2. The number of nitriles is 1. The normalized spacial score (nSPS) is 26.8. The van der Waals surface area contributed by atoms with Gasteiger partial charge in [-0.1, -0.05) is 6.92 Å². The van der Waals surface area contributed by atoms with Crippen molar-refractivity contribution >= 4 is 27.1 Å². The first-order chi connectivity index (χ1) is 12.4. The van der Waals surface area contributed by atoms with E-state index in [-0.39, 0.29) is 12.0 Å². The summed E-state index contributed by atoms with van der Waals surface area (Å²) < 4.78 is 28.6. The van der Waals surface area contributed by atoms with Crippen molar-refractivity contribution in [3.63, 3.8) is 0 Å². The Balaban J connectivity index is 1.57. The van der Waals surface area contributed by atoms with Gasteiger partial charge in [0, 0.05) is 37.8 Å². The Morgan fingerprint density at radius 2 is 2.31 bits per heavy atom. The number of nitrogens with one attached hydrogen (secondary N) is 2. The molecule has 2 aromatic rings. The first-order valence-corrected chi connectivity index (χ1v) is 10.0. The summed E-state index contributed by atoms with van der Waals surface area (Å²) in [4.78, 5) is 14.0. The molecule has 0 spiro atoms. The zero-order valence-corrected chi connectivity index (χ0v) is 15.3. The van der Waals surface area contributed by atoms with Gasteiger partial charge in [-0.05, 0) is 18.4 Å². The number of rotatable bonds is 4. The summed E-state index contributed by atoms with van der Waals surface area (Å²) in [6, 6.07) is 3.79. The summed E-state index contributed by atoms with van der Waals surface area (Å²) in [5.41, 5.74) is 0.645. The number of H-pyrrole nitrogens is 1. The van der Waals surface area contributed by atoms with Gasteiger partial charge in [-0.15, -0.1) is 0 Å². The van der Waals surface area contributed by atoms with Crippen molar-refractivity contribution in [2.75, 3.05) is 37.6 Å². The van der Waals surface area contributed by atoms with Crippen molar-refractivity contribution in [2.24, 2.45) is 11.3 Å². The fourth-order valence-corrected chi connectivity index (χ4v) is 5.47. The Bertz CT molecular complexity index is 966. The lowest BCUT2D eigenvalue weighted by molar-refractivity contribution is 0.214. The fourth-order valence-electron chi connectivity index (χ4n) is 4.20. The maximum atomic E-state index is 12.4. The summed E-state index contributed by atoms with van der Waals surface area (Å²) in [5.74, 6) is 1.18. The second-order valence-electron chi connectivity index (χ2n) is 7.28. The van der Waals surface area contributed by atoms with Crippen molar-refractivity contribution in [3.05, 3.63) is 18.6 Å². The molecule has 9 nitrogen and oxygen atoms in total. The average Bonchev–Trinajstić information content (AvgIpc) is 3.23. The highest BCUT2D eigenvalue weighted by Gasteiger charge is 2.49. The van der Waals surface area contributed by atoms with Gasteiger partial charge in [-0.2, -0.15) is 22.7 Å². The lowest BCUT2D eigenvalue weighted by Gasteiger charge is -2.42. The largest absolute Gasteiger partial charge is 0.355 e. The summed E-state index contributed by atoms with van der Waals surface area (Å²) in [5, 5.41) is 9.62. The molecule has 0 amide bonds. The molecule has 0 aromatic carbocycles. The van der Waals surface area contributed by atoms with Crippen LogP contribution < -0.4 is 9.62 Å². The Hall–Kier alpha value is -2.22. The van der Waals surface area contributed by atoms with E-state index in [1.54, 1.807) is 6.33 Å². The molecule has 2 fully saturated rings. The smallest absolute Gasteiger partial charge is 0.280 e. The van der Waals surface area contributed by atoms with Gasteiger partial charge in [0.15, 0.2) is 0 Å². The van der Waals surface area contributed by atoms with Crippen LogP contribution >= 0.6 is 0 Å². The minimum Gasteiger partial charge on any atom is -0.355 e. The van der Waals surface area contributed by atoms with Crippen LogP contribution in [0, 0.1) is 22.7 Å². The van der Waals surface area contributed by atoms with E-state index >= 15 is 0 Å². The first-order valence-electron chi connectivity index (χ1n) is 8.58. The fraction of sp³-hybridized carbons (Fsp3) is 0.562. The SMILES string of the molecule is C[C@@]12CN(c3ncnc4[nH]ccc34)CC[C@@H]1CN(S(=O)(=O)NCC#N)C2. The van der Waals surface area contributed by atoms with Crippen LogP contribution in [0.2, 0.25) is 0 Å². The van der Waals surface area contributed by atoms with Gasteiger partial charge in [0.05, 0.1) is 18.0 Å². The number of aromatic nitrogens is 3. The third-order valence-corrected chi connectivity index (χ3v) is 7.02. The Kier molecular flexibility index (Phi) is 4.10. The second-order valence-corrected chi connectivity index (χ2v) is 9.03. The molecule has 10 heteroatoms. The molecule has 0 bridgehead atoms. The third kappa shape index (κ3) is 2.82. The van der Waals surface area contributed by atoms with E-state index in [1.807, 2.05) is 18.3 Å². The van der Waals surface area contributed by atoms with E-state index in [4.69, 9.17) is 5.26 Å². The number of anilines is 1. The van der Waals surface area contributed by atoms with Crippen molar-refractivity contribution in [1.29, 1.82) is 5.26 Å². The van der Waals surface area contributed by atoms with Crippen molar-refractivity contribution in [1.82, 2.24) is 24.0 Å². The zero-order chi connectivity index (χ0) is 18.4. The van der Waals surface area contributed by atoms with Gasteiger partial charge in [0.1, 0.15) is 17.8 Å². The average molecular weight is 375 g/mol. The maximum absolute atomic E-state index is 12.4. The topological polar surface area (TPSA) is 118 Å². The second kappa shape index (κ2) is 6.19. The number of aromatic amines is 1. The van der Waals surface area contributed by atoms with Crippen molar-refractivity contribution in [2.45, 2.75) is 13.3 Å². The Morgan fingerprint density at radius 1 is 1.46 bits per heavy atom. The summed E-state index contributed by atoms with van der Waals surface area (Å²) in [6.45, 7) is 4.43. The summed E-state index contributed by atoms with van der Waals surface area (Å²) >= 11 is 0. The van der Waals surface area contributed by atoms with E-state index in [9.17, 15) is 8.42 Å². The number of nitrogens with zero attached hydrogens (tertiary/aromatic N) is 5. The molecule has 2 aromatic heterocycles. The van der Waals surface area contributed by atoms with Gasteiger partial charge in [-0.25, -0.2) is 9.97 Å². The number of piperidine rings is 1. The minimum atomic E-state index is -3.61. The van der Waals surface area contributed by atoms with E-state index < -0.39 is 10.2 Å². The minimum absolute atomic E-state index is 0.160. The highest BCUT2D eigenvalue weighted by molar-refractivity contribution is 7.87. The maximum Gasteiger partial charge on any atom is 0.280 e. The van der Waals surface area contributed by atoms with Gasteiger partial charge in [0.2, 0.25) is 0 Å². The predicted octanol–water partition coefficient (Wildman–Crippen LogP) is 0.464. The van der Waals surface area contributed by atoms with Crippen LogP contribution in [0.15, 0.2) is 18.6 Å². The number of fused-ring (bicyclic) bond motifs is 2. The highest BCUT2D eigenvalue weighted by atomic mass is 32.2. The van der Waals surface area contributed by atoms with Gasteiger partial charge in [0.25, 0.3) is 10.2 Å². The lowest BCUT2D eigenvalue weighted by atomic mass is 9.75. The van der Waals surface area contributed by atoms with Gasteiger partial charge < -0.3 is 9.88 Å². The Labute approximate surface area is 152 Å². The monoisotopic (exact) mass is 375 g/mol. The molecule has 2 aliphatic rings. The molecule has 0 saturated carbocycles. The van der Waals surface area contributed by atoms with E-state index in [0.717, 1.165) is 36.4 Å². The Morgan fingerprint density at radius 3 is 3.12 bits per heavy atom. The van der Waals surface area contributed by atoms with Gasteiger partial charge in [-0.3, -0.25) is 0 Å².